The van der Waals surface area contributed by atoms with Gasteiger partial charge in [0.15, 0.2) is 6.23 Å². The Morgan fingerprint density at radius 1 is 1.86 bits per heavy atom. The number of aliphatic hydroxyl groups excluding tert-OH is 1. The van der Waals surface area contributed by atoms with Crippen LogP contribution in [0.15, 0.2) is 10.3 Å². The van der Waals surface area contributed by atoms with Crippen LogP contribution >= 0.6 is 0 Å². The van der Waals surface area contributed by atoms with Gasteiger partial charge in [0, 0.05) is 0 Å². The van der Waals surface area contributed by atoms with E-state index in [0.717, 1.165) is 0 Å². The highest BCUT2D eigenvalue weighted by Crippen LogP contribution is 1.88. The highest BCUT2D eigenvalue weighted by Gasteiger charge is 1.91. The maximum atomic E-state index is 8.52. The largest absolute Gasteiger partial charge is 0.370 e. The van der Waals surface area contributed by atoms with E-state index in [1.807, 2.05) is 0 Å². The Balaban J connectivity index is 3.16. The van der Waals surface area contributed by atoms with Crippen LogP contribution in [0.1, 0.15) is 13.3 Å². The first-order valence-electron chi connectivity index (χ1n) is 2.09. The third-order valence-electron chi connectivity index (χ3n) is 0.565. The Bertz CT molecular complexity index is 63.2. The quantitative estimate of drug-likeness (QED) is 0.294. The fourth-order valence-corrected chi connectivity index (χ4v) is 0.159. The second-order valence-corrected chi connectivity index (χ2v) is 1.12. The first-order chi connectivity index (χ1) is 3.31. The molecule has 0 aliphatic carbocycles. The van der Waals surface area contributed by atoms with E-state index in [0.29, 0.717) is 6.42 Å². The van der Waals surface area contributed by atoms with Crippen LogP contribution in [0.4, 0.5) is 0 Å². The van der Waals surface area contributed by atoms with Crippen molar-refractivity contribution in [3.8, 4) is 0 Å². The number of nitrogens with two attached hydrogens (primary N) is 1. The number of aliphatic hydroxyl groups is 1. The van der Waals surface area contributed by atoms with Gasteiger partial charge in [-0.05, 0) is 6.42 Å². The molecule has 0 aromatic carbocycles. The predicted molar refractivity (Wildman–Crippen MR) is 25.3 cm³/mol. The van der Waals surface area contributed by atoms with Crippen molar-refractivity contribution < 1.29 is 5.11 Å². The lowest BCUT2D eigenvalue weighted by Crippen LogP contribution is -1.98. The number of rotatable bonds is 2. The molecule has 0 aromatic heterocycles. The molecule has 0 bridgehead atoms. The minimum Gasteiger partial charge on any atom is -0.370 e. The van der Waals surface area contributed by atoms with Gasteiger partial charge < -0.3 is 10.9 Å². The zero-order chi connectivity index (χ0) is 5.70. The summed E-state index contributed by atoms with van der Waals surface area (Å²) in [6, 6.07) is 0. The molecule has 42 valence electrons. The Labute approximate surface area is 42.0 Å². The lowest BCUT2D eigenvalue weighted by molar-refractivity contribution is 0.171. The van der Waals surface area contributed by atoms with Gasteiger partial charge >= 0.3 is 0 Å². The van der Waals surface area contributed by atoms with Gasteiger partial charge in [0.1, 0.15) is 0 Å². The van der Waals surface area contributed by atoms with E-state index in [1.165, 1.54) is 0 Å². The average molecular weight is 103 g/mol. The van der Waals surface area contributed by atoms with Gasteiger partial charge in [0.05, 0.1) is 0 Å². The van der Waals surface area contributed by atoms with Crippen LogP contribution in [0, 0.1) is 0 Å². The van der Waals surface area contributed by atoms with Gasteiger partial charge in [-0.3, -0.25) is 0 Å². The van der Waals surface area contributed by atoms with Crippen LogP contribution < -0.4 is 5.84 Å². The minimum atomic E-state index is -0.718. The first kappa shape index (κ1) is 6.36. The van der Waals surface area contributed by atoms with E-state index < -0.39 is 6.23 Å². The summed E-state index contributed by atoms with van der Waals surface area (Å²) in [5, 5.41) is 14.6. The summed E-state index contributed by atoms with van der Waals surface area (Å²) in [6.07, 6.45) is -0.161. The SMILES string of the molecule is CCC(O)N=NN. The van der Waals surface area contributed by atoms with Gasteiger partial charge in [-0.2, -0.15) is 0 Å². The summed E-state index contributed by atoms with van der Waals surface area (Å²) in [5.41, 5.74) is 0. The smallest absolute Gasteiger partial charge is 0.167 e. The summed E-state index contributed by atoms with van der Waals surface area (Å²) in [6.45, 7) is 1.79. The molecule has 7 heavy (non-hydrogen) atoms. The predicted octanol–water partition coefficient (Wildman–Crippen LogP) is 0.0407. The van der Waals surface area contributed by atoms with Crippen LogP contribution in [0.5, 0.6) is 0 Å². The molecule has 0 amide bonds. The van der Waals surface area contributed by atoms with Crippen molar-refractivity contribution in [2.75, 3.05) is 0 Å². The van der Waals surface area contributed by atoms with Crippen molar-refractivity contribution in [2.24, 2.45) is 16.2 Å². The van der Waals surface area contributed by atoms with Gasteiger partial charge in [-0.1, -0.05) is 12.1 Å². The minimum absolute atomic E-state index is 0.556. The normalized spacial score (nSPS) is 15.1. The number of hydrogen-bond donors (Lipinski definition) is 2. The summed E-state index contributed by atoms with van der Waals surface area (Å²) in [7, 11) is 0. The molecule has 0 heterocycles. The van der Waals surface area contributed by atoms with Crippen LogP contribution in [0.3, 0.4) is 0 Å². The molecule has 0 rings (SSSR count). The van der Waals surface area contributed by atoms with Crippen molar-refractivity contribution in [3.63, 3.8) is 0 Å². The third kappa shape index (κ3) is 3.18. The molecule has 1 unspecified atom stereocenters. The molecule has 3 N–H and O–H groups in total. The maximum Gasteiger partial charge on any atom is 0.167 e. The van der Waals surface area contributed by atoms with Crippen molar-refractivity contribution >= 4 is 0 Å². The van der Waals surface area contributed by atoms with Crippen LogP contribution in [-0.4, -0.2) is 11.3 Å². The monoisotopic (exact) mass is 103 g/mol. The summed E-state index contributed by atoms with van der Waals surface area (Å²) in [5.74, 6) is 4.60. The zero-order valence-electron chi connectivity index (χ0n) is 4.20. The molecule has 0 fully saturated rings. The highest BCUT2D eigenvalue weighted by atomic mass is 16.3. The summed E-state index contributed by atoms with van der Waals surface area (Å²) >= 11 is 0. The first-order valence-corrected chi connectivity index (χ1v) is 2.09. The number of hydrogen-bond acceptors (Lipinski definition) is 3. The second-order valence-electron chi connectivity index (χ2n) is 1.12. The molecule has 1 atom stereocenters. The highest BCUT2D eigenvalue weighted by molar-refractivity contribution is 4.38. The van der Waals surface area contributed by atoms with Crippen molar-refractivity contribution in [3.05, 3.63) is 0 Å². The summed E-state index contributed by atoms with van der Waals surface area (Å²) in [4.78, 5) is 0. The van der Waals surface area contributed by atoms with E-state index in [9.17, 15) is 0 Å². The van der Waals surface area contributed by atoms with Crippen LogP contribution in [0.2, 0.25) is 0 Å². The topological polar surface area (TPSA) is 71.0 Å². The summed E-state index contributed by atoms with van der Waals surface area (Å²) < 4.78 is 0. The molecular formula is C3H9N3O. The van der Waals surface area contributed by atoms with Gasteiger partial charge in [0.25, 0.3) is 0 Å². The molecule has 0 aliphatic rings. The Hall–Kier alpha value is -0.640. The molecular weight excluding hydrogens is 94.1 g/mol. The van der Waals surface area contributed by atoms with Gasteiger partial charge in [-0.15, -0.1) is 5.11 Å². The van der Waals surface area contributed by atoms with Gasteiger partial charge in [-0.25, -0.2) is 0 Å². The molecule has 0 radical (unpaired) electrons. The van der Waals surface area contributed by atoms with E-state index in [4.69, 9.17) is 5.11 Å². The van der Waals surface area contributed by atoms with E-state index in [-0.39, 0.29) is 0 Å². The lowest BCUT2D eigenvalue weighted by Gasteiger charge is -1.92. The van der Waals surface area contributed by atoms with Crippen molar-refractivity contribution in [2.45, 2.75) is 19.6 Å². The van der Waals surface area contributed by atoms with Crippen molar-refractivity contribution in [1.82, 2.24) is 0 Å². The van der Waals surface area contributed by atoms with E-state index in [2.05, 4.69) is 16.2 Å². The molecule has 4 heteroatoms. The second kappa shape index (κ2) is 3.55. The fourth-order valence-electron chi connectivity index (χ4n) is 0.159. The van der Waals surface area contributed by atoms with Crippen LogP contribution in [-0.2, 0) is 0 Å². The van der Waals surface area contributed by atoms with E-state index >= 15 is 0 Å². The Morgan fingerprint density at radius 2 is 2.43 bits per heavy atom. The Kier molecular flexibility index (Phi) is 3.22. The molecule has 0 saturated carbocycles. The molecule has 0 spiro atoms. The van der Waals surface area contributed by atoms with Crippen LogP contribution in [0.25, 0.3) is 0 Å². The molecule has 0 aliphatic heterocycles. The van der Waals surface area contributed by atoms with E-state index in [1.54, 1.807) is 6.92 Å². The Morgan fingerprint density at radius 3 is 2.57 bits per heavy atom. The average Bonchev–Trinajstić information content (AvgIpc) is 1.68. The lowest BCUT2D eigenvalue weighted by atomic mass is 10.5. The van der Waals surface area contributed by atoms with Gasteiger partial charge in [0.2, 0.25) is 0 Å². The third-order valence-corrected chi connectivity index (χ3v) is 0.565. The van der Waals surface area contributed by atoms with Crippen molar-refractivity contribution in [1.29, 1.82) is 0 Å². The standard InChI is InChI=1S/C3H9N3O/c1-2-3(7)5-6-4/h3,7H,2H2,1H3,(H2,4,5). The number of nitrogens with zero attached hydrogens (tertiary/aromatic N) is 2. The fraction of sp³-hybridized carbons (Fsp3) is 1.00. The maximum absolute atomic E-state index is 8.52. The zero-order valence-corrected chi connectivity index (χ0v) is 4.20. The molecule has 0 saturated heterocycles. The molecule has 0 aromatic rings. The molecule has 4 nitrogen and oxygen atoms in total.